The number of hydrogen-bond donors (Lipinski definition) is 2. The fourth-order valence-electron chi connectivity index (χ4n) is 2.38. The molecule has 96 valence electrons. The lowest BCUT2D eigenvalue weighted by atomic mass is 10.1. The molecule has 2 amide bonds. The van der Waals surface area contributed by atoms with Crippen molar-refractivity contribution in [1.82, 2.24) is 10.2 Å². The standard InChI is InChI=1S/C11H18N2O4/c14-10(15)9-4-1-5-13(9)11(16)12-8-3-2-6-17-7-8/h8-9H,1-7H2,(H,12,16)(H,14,15). The number of aliphatic carboxylic acids is 1. The lowest BCUT2D eigenvalue weighted by molar-refractivity contribution is -0.141. The van der Waals surface area contributed by atoms with Gasteiger partial charge in [0.1, 0.15) is 6.04 Å². The fraction of sp³-hybridized carbons (Fsp3) is 0.818. The number of nitrogens with one attached hydrogen (secondary N) is 1. The van der Waals surface area contributed by atoms with Crippen LogP contribution in [0.4, 0.5) is 4.79 Å². The molecule has 0 aromatic carbocycles. The van der Waals surface area contributed by atoms with Gasteiger partial charge in [-0.2, -0.15) is 0 Å². The second-order valence-electron chi connectivity index (χ2n) is 4.55. The number of amides is 2. The van der Waals surface area contributed by atoms with Crippen molar-refractivity contribution in [2.75, 3.05) is 19.8 Å². The molecule has 2 N–H and O–H groups in total. The quantitative estimate of drug-likeness (QED) is 0.735. The van der Waals surface area contributed by atoms with Gasteiger partial charge in [-0.25, -0.2) is 9.59 Å². The molecule has 6 heteroatoms. The van der Waals surface area contributed by atoms with Crippen molar-refractivity contribution in [2.45, 2.75) is 37.8 Å². The van der Waals surface area contributed by atoms with Crippen molar-refractivity contribution in [2.24, 2.45) is 0 Å². The number of urea groups is 1. The first-order valence-corrected chi connectivity index (χ1v) is 6.06. The van der Waals surface area contributed by atoms with Crippen LogP contribution in [0.1, 0.15) is 25.7 Å². The molecular weight excluding hydrogens is 224 g/mol. The Kier molecular flexibility index (Phi) is 3.83. The molecule has 2 unspecified atom stereocenters. The summed E-state index contributed by atoms with van der Waals surface area (Å²) in [7, 11) is 0. The monoisotopic (exact) mass is 242 g/mol. The molecule has 0 aromatic heterocycles. The van der Waals surface area contributed by atoms with E-state index in [0.29, 0.717) is 19.6 Å². The van der Waals surface area contributed by atoms with E-state index in [1.165, 1.54) is 4.90 Å². The summed E-state index contributed by atoms with van der Waals surface area (Å²) in [5.41, 5.74) is 0. The van der Waals surface area contributed by atoms with Crippen molar-refractivity contribution >= 4 is 12.0 Å². The average Bonchev–Trinajstić information content (AvgIpc) is 2.79. The van der Waals surface area contributed by atoms with Crippen LogP contribution in [-0.2, 0) is 9.53 Å². The Balaban J connectivity index is 1.88. The van der Waals surface area contributed by atoms with Crippen molar-refractivity contribution in [1.29, 1.82) is 0 Å². The highest BCUT2D eigenvalue weighted by atomic mass is 16.5. The molecule has 2 aliphatic heterocycles. The zero-order valence-corrected chi connectivity index (χ0v) is 9.72. The van der Waals surface area contributed by atoms with E-state index in [4.69, 9.17) is 9.84 Å². The van der Waals surface area contributed by atoms with Gasteiger partial charge in [0, 0.05) is 13.2 Å². The maximum absolute atomic E-state index is 11.9. The third kappa shape index (κ3) is 2.88. The number of carbonyl (C=O) groups excluding carboxylic acids is 1. The predicted octanol–water partition coefficient (Wildman–Crippen LogP) is 0.424. The van der Waals surface area contributed by atoms with Crippen LogP contribution in [0.2, 0.25) is 0 Å². The first kappa shape index (κ1) is 12.2. The van der Waals surface area contributed by atoms with Gasteiger partial charge in [-0.05, 0) is 25.7 Å². The Hall–Kier alpha value is -1.30. The second-order valence-corrected chi connectivity index (χ2v) is 4.55. The maximum Gasteiger partial charge on any atom is 0.326 e. The Morgan fingerprint density at radius 1 is 1.29 bits per heavy atom. The summed E-state index contributed by atoms with van der Waals surface area (Å²) in [5.74, 6) is -0.919. The molecule has 6 nitrogen and oxygen atoms in total. The van der Waals surface area contributed by atoms with Gasteiger partial charge in [0.05, 0.1) is 12.6 Å². The molecule has 17 heavy (non-hydrogen) atoms. The topological polar surface area (TPSA) is 78.9 Å². The maximum atomic E-state index is 11.9. The summed E-state index contributed by atoms with van der Waals surface area (Å²) < 4.78 is 5.27. The highest BCUT2D eigenvalue weighted by molar-refractivity contribution is 5.83. The molecular formula is C11H18N2O4. The van der Waals surface area contributed by atoms with Crippen LogP contribution in [0.3, 0.4) is 0 Å². The first-order valence-electron chi connectivity index (χ1n) is 6.06. The number of ether oxygens (including phenoxy) is 1. The third-order valence-corrected chi connectivity index (χ3v) is 3.29. The van der Waals surface area contributed by atoms with Crippen LogP contribution < -0.4 is 5.32 Å². The summed E-state index contributed by atoms with van der Waals surface area (Å²) in [6.07, 6.45) is 3.14. The number of likely N-dealkylation sites (tertiary alicyclic amines) is 1. The van der Waals surface area contributed by atoms with Crippen LogP contribution in [-0.4, -0.2) is 53.8 Å². The van der Waals surface area contributed by atoms with Crippen LogP contribution in [0.25, 0.3) is 0 Å². The molecule has 0 radical (unpaired) electrons. The SMILES string of the molecule is O=C(O)C1CCCN1C(=O)NC1CCCOC1. The van der Waals surface area contributed by atoms with Gasteiger partial charge in [-0.1, -0.05) is 0 Å². The molecule has 0 aromatic rings. The Labute approximate surface area is 99.9 Å². The highest BCUT2D eigenvalue weighted by Gasteiger charge is 2.34. The smallest absolute Gasteiger partial charge is 0.326 e. The lowest BCUT2D eigenvalue weighted by Gasteiger charge is -2.27. The molecule has 0 saturated carbocycles. The lowest BCUT2D eigenvalue weighted by Crippen LogP contribution is -2.50. The van der Waals surface area contributed by atoms with E-state index in [-0.39, 0.29) is 12.1 Å². The second kappa shape index (κ2) is 5.35. The zero-order valence-electron chi connectivity index (χ0n) is 9.72. The van der Waals surface area contributed by atoms with Crippen LogP contribution in [0.15, 0.2) is 0 Å². The summed E-state index contributed by atoms with van der Waals surface area (Å²) in [6, 6.07) is -0.920. The zero-order chi connectivity index (χ0) is 12.3. The van der Waals surface area contributed by atoms with Crippen LogP contribution in [0, 0.1) is 0 Å². The summed E-state index contributed by atoms with van der Waals surface area (Å²) in [6.45, 7) is 1.79. The van der Waals surface area contributed by atoms with Gasteiger partial charge in [0.2, 0.25) is 0 Å². The van der Waals surface area contributed by atoms with E-state index in [2.05, 4.69) is 5.32 Å². The van der Waals surface area contributed by atoms with Crippen LogP contribution >= 0.6 is 0 Å². The molecule has 0 bridgehead atoms. The fourth-order valence-corrected chi connectivity index (χ4v) is 2.38. The number of carboxylic acid groups (broad SMARTS) is 1. The van der Waals surface area contributed by atoms with Gasteiger partial charge in [-0.15, -0.1) is 0 Å². The Morgan fingerprint density at radius 3 is 2.76 bits per heavy atom. The largest absolute Gasteiger partial charge is 0.480 e. The normalized spacial score (nSPS) is 29.1. The molecule has 0 aliphatic carbocycles. The number of carboxylic acids is 1. The average molecular weight is 242 g/mol. The van der Waals surface area contributed by atoms with Gasteiger partial charge in [-0.3, -0.25) is 0 Å². The molecule has 2 atom stereocenters. The number of nitrogens with zero attached hydrogens (tertiary/aromatic N) is 1. The summed E-state index contributed by atoms with van der Waals surface area (Å²) >= 11 is 0. The van der Waals surface area contributed by atoms with E-state index in [1.54, 1.807) is 0 Å². The van der Waals surface area contributed by atoms with Crippen molar-refractivity contribution in [3.05, 3.63) is 0 Å². The Bertz CT molecular complexity index is 302. The molecule has 2 heterocycles. The van der Waals surface area contributed by atoms with E-state index in [0.717, 1.165) is 25.9 Å². The first-order chi connectivity index (χ1) is 8.18. The molecule has 0 spiro atoms. The van der Waals surface area contributed by atoms with Crippen molar-refractivity contribution < 1.29 is 19.4 Å². The minimum absolute atomic E-state index is 0.0197. The predicted molar refractivity (Wildman–Crippen MR) is 59.7 cm³/mol. The van der Waals surface area contributed by atoms with Crippen molar-refractivity contribution in [3.63, 3.8) is 0 Å². The summed E-state index contributed by atoms with van der Waals surface area (Å²) in [5, 5.41) is 11.8. The number of hydrogen-bond acceptors (Lipinski definition) is 3. The van der Waals surface area contributed by atoms with Gasteiger partial charge in [0.25, 0.3) is 0 Å². The molecule has 2 saturated heterocycles. The van der Waals surface area contributed by atoms with Crippen LogP contribution in [0.5, 0.6) is 0 Å². The molecule has 2 fully saturated rings. The van der Waals surface area contributed by atoms with E-state index >= 15 is 0 Å². The van der Waals surface area contributed by atoms with E-state index in [9.17, 15) is 9.59 Å². The van der Waals surface area contributed by atoms with Gasteiger partial charge >= 0.3 is 12.0 Å². The van der Waals surface area contributed by atoms with Gasteiger partial charge in [0.15, 0.2) is 0 Å². The minimum Gasteiger partial charge on any atom is -0.480 e. The summed E-state index contributed by atoms with van der Waals surface area (Å²) in [4.78, 5) is 24.3. The minimum atomic E-state index is -0.919. The number of carbonyl (C=O) groups is 2. The molecule has 2 aliphatic rings. The van der Waals surface area contributed by atoms with E-state index in [1.807, 2.05) is 0 Å². The Morgan fingerprint density at radius 2 is 2.12 bits per heavy atom. The van der Waals surface area contributed by atoms with E-state index < -0.39 is 12.0 Å². The highest BCUT2D eigenvalue weighted by Crippen LogP contribution is 2.18. The van der Waals surface area contributed by atoms with Crippen molar-refractivity contribution in [3.8, 4) is 0 Å². The van der Waals surface area contributed by atoms with Gasteiger partial charge < -0.3 is 20.1 Å². The third-order valence-electron chi connectivity index (χ3n) is 3.29. The number of rotatable bonds is 2. The molecule has 2 rings (SSSR count).